The van der Waals surface area contributed by atoms with Crippen LogP contribution in [0.15, 0.2) is 48.5 Å². The van der Waals surface area contributed by atoms with E-state index < -0.39 is 12.0 Å². The molecule has 0 aliphatic carbocycles. The zero-order valence-electron chi connectivity index (χ0n) is 15.5. The van der Waals surface area contributed by atoms with Gasteiger partial charge in [-0.1, -0.05) is 36.4 Å². The normalized spacial score (nSPS) is 16.0. The first kappa shape index (κ1) is 18.2. The number of ether oxygens (including phenoxy) is 1. The summed E-state index contributed by atoms with van der Waals surface area (Å²) in [6.45, 7) is 5.61. The third-order valence-electron chi connectivity index (χ3n) is 5.20. The number of hydrogen-bond acceptors (Lipinski definition) is 3. The molecule has 2 aromatic carbocycles. The molecule has 26 heavy (non-hydrogen) atoms. The minimum atomic E-state index is -0.832. The molecule has 0 radical (unpaired) electrons. The Balaban J connectivity index is 1.85. The van der Waals surface area contributed by atoms with Gasteiger partial charge in [0.15, 0.2) is 0 Å². The standard InChI is InChI=1S/C22H25NO3/c1-15-6-4-9-20(16(15)2)17-10-12-23(13-11-17)21(22(24)25)18-7-5-8-19(14-18)26-3/h4-10,14,21H,11-13H2,1-3H3,(H,24,25). The third-order valence-corrected chi connectivity index (χ3v) is 5.20. The first-order valence-electron chi connectivity index (χ1n) is 8.87. The second kappa shape index (κ2) is 7.75. The molecule has 1 aliphatic heterocycles. The maximum absolute atomic E-state index is 11.9. The van der Waals surface area contributed by atoms with Crippen LogP contribution in [0.5, 0.6) is 5.75 Å². The van der Waals surface area contributed by atoms with Gasteiger partial charge in [0.25, 0.3) is 0 Å². The molecular formula is C22H25NO3. The molecule has 0 spiro atoms. The Bertz CT molecular complexity index is 841. The maximum Gasteiger partial charge on any atom is 0.325 e. The van der Waals surface area contributed by atoms with Crippen molar-refractivity contribution in [3.8, 4) is 5.75 Å². The van der Waals surface area contributed by atoms with Gasteiger partial charge in [-0.05, 0) is 60.2 Å². The van der Waals surface area contributed by atoms with Crippen LogP contribution in [0, 0.1) is 13.8 Å². The van der Waals surface area contributed by atoms with E-state index in [1.807, 2.05) is 29.2 Å². The van der Waals surface area contributed by atoms with Gasteiger partial charge < -0.3 is 9.84 Å². The van der Waals surface area contributed by atoms with Crippen LogP contribution in [-0.2, 0) is 4.79 Å². The molecule has 0 saturated heterocycles. The van der Waals surface area contributed by atoms with Crippen molar-refractivity contribution in [1.29, 1.82) is 0 Å². The SMILES string of the molecule is COc1cccc(C(C(=O)O)N2CC=C(c3cccc(C)c3C)CC2)c1. The molecule has 1 unspecified atom stereocenters. The Hall–Kier alpha value is -2.59. The van der Waals surface area contributed by atoms with Crippen molar-refractivity contribution < 1.29 is 14.6 Å². The molecule has 1 heterocycles. The Kier molecular flexibility index (Phi) is 5.43. The first-order chi connectivity index (χ1) is 12.5. The Morgan fingerprint density at radius 2 is 1.96 bits per heavy atom. The Labute approximate surface area is 154 Å². The monoisotopic (exact) mass is 351 g/mol. The molecule has 136 valence electrons. The number of hydrogen-bond donors (Lipinski definition) is 1. The highest BCUT2D eigenvalue weighted by Gasteiger charge is 2.29. The van der Waals surface area contributed by atoms with E-state index in [9.17, 15) is 9.90 Å². The van der Waals surface area contributed by atoms with E-state index in [1.165, 1.54) is 22.3 Å². The third kappa shape index (κ3) is 3.65. The van der Waals surface area contributed by atoms with Crippen LogP contribution in [0.4, 0.5) is 0 Å². The van der Waals surface area contributed by atoms with E-state index in [0.29, 0.717) is 18.8 Å². The highest BCUT2D eigenvalue weighted by Crippen LogP contribution is 2.31. The number of carbonyl (C=O) groups is 1. The van der Waals surface area contributed by atoms with E-state index >= 15 is 0 Å². The fraction of sp³-hybridized carbons (Fsp3) is 0.318. The van der Waals surface area contributed by atoms with Crippen molar-refractivity contribution in [1.82, 2.24) is 4.90 Å². The molecule has 0 bridgehead atoms. The second-order valence-corrected chi connectivity index (χ2v) is 6.74. The molecule has 2 aromatic rings. The van der Waals surface area contributed by atoms with Gasteiger partial charge in [-0.2, -0.15) is 0 Å². The molecule has 1 atom stereocenters. The topological polar surface area (TPSA) is 49.8 Å². The summed E-state index contributed by atoms with van der Waals surface area (Å²) in [5, 5.41) is 9.80. The number of benzene rings is 2. The summed E-state index contributed by atoms with van der Waals surface area (Å²) in [5.41, 5.74) is 5.91. The summed E-state index contributed by atoms with van der Waals surface area (Å²) in [4.78, 5) is 14.0. The van der Waals surface area contributed by atoms with Gasteiger partial charge in [0.2, 0.25) is 0 Å². The summed E-state index contributed by atoms with van der Waals surface area (Å²) in [6, 6.07) is 13.0. The fourth-order valence-electron chi connectivity index (χ4n) is 3.58. The van der Waals surface area contributed by atoms with Crippen molar-refractivity contribution >= 4 is 11.5 Å². The maximum atomic E-state index is 11.9. The van der Waals surface area contributed by atoms with Crippen molar-refractivity contribution in [3.63, 3.8) is 0 Å². The predicted molar refractivity (Wildman–Crippen MR) is 103 cm³/mol. The van der Waals surface area contributed by atoms with Crippen molar-refractivity contribution in [2.24, 2.45) is 0 Å². The smallest absolute Gasteiger partial charge is 0.325 e. The summed E-state index contributed by atoms with van der Waals surface area (Å²) < 4.78 is 5.25. The molecule has 0 fully saturated rings. The zero-order chi connectivity index (χ0) is 18.7. The van der Waals surface area contributed by atoms with Crippen molar-refractivity contribution in [2.45, 2.75) is 26.3 Å². The molecule has 3 rings (SSSR count). The van der Waals surface area contributed by atoms with Crippen molar-refractivity contribution in [2.75, 3.05) is 20.2 Å². The first-order valence-corrected chi connectivity index (χ1v) is 8.87. The minimum absolute atomic E-state index is 0.622. The highest BCUT2D eigenvalue weighted by atomic mass is 16.5. The second-order valence-electron chi connectivity index (χ2n) is 6.74. The zero-order valence-corrected chi connectivity index (χ0v) is 15.5. The fourth-order valence-corrected chi connectivity index (χ4v) is 3.58. The number of methoxy groups -OCH3 is 1. The summed E-state index contributed by atoms with van der Waals surface area (Å²) in [6.07, 6.45) is 3.01. The quantitative estimate of drug-likeness (QED) is 0.876. The molecule has 4 nitrogen and oxygen atoms in total. The van der Waals surface area contributed by atoms with E-state index in [2.05, 4.69) is 38.1 Å². The van der Waals surface area contributed by atoms with Crippen LogP contribution in [0.25, 0.3) is 5.57 Å². The van der Waals surface area contributed by atoms with Gasteiger partial charge in [-0.15, -0.1) is 0 Å². The number of carboxylic acids is 1. The molecular weight excluding hydrogens is 326 g/mol. The van der Waals surface area contributed by atoms with E-state index in [0.717, 1.165) is 12.0 Å². The summed E-state index contributed by atoms with van der Waals surface area (Å²) in [5.74, 6) is -0.154. The van der Waals surface area contributed by atoms with Gasteiger partial charge in [-0.25, -0.2) is 0 Å². The Morgan fingerprint density at radius 3 is 2.62 bits per heavy atom. The van der Waals surface area contributed by atoms with Gasteiger partial charge in [-0.3, -0.25) is 9.69 Å². The van der Waals surface area contributed by atoms with Gasteiger partial charge in [0, 0.05) is 13.1 Å². The van der Waals surface area contributed by atoms with E-state index in [1.54, 1.807) is 7.11 Å². The average Bonchev–Trinajstić information content (AvgIpc) is 2.65. The van der Waals surface area contributed by atoms with Gasteiger partial charge >= 0.3 is 5.97 Å². The molecule has 1 N–H and O–H groups in total. The lowest BCUT2D eigenvalue weighted by atomic mass is 9.92. The van der Waals surface area contributed by atoms with Gasteiger partial charge in [0.05, 0.1) is 7.11 Å². The number of rotatable bonds is 5. The molecule has 0 saturated carbocycles. The molecule has 1 aliphatic rings. The molecule has 0 aromatic heterocycles. The van der Waals surface area contributed by atoms with E-state index in [-0.39, 0.29) is 0 Å². The van der Waals surface area contributed by atoms with Crippen LogP contribution < -0.4 is 4.74 Å². The summed E-state index contributed by atoms with van der Waals surface area (Å²) in [7, 11) is 1.59. The van der Waals surface area contributed by atoms with Crippen LogP contribution in [-0.4, -0.2) is 36.2 Å². The Morgan fingerprint density at radius 1 is 1.19 bits per heavy atom. The minimum Gasteiger partial charge on any atom is -0.497 e. The van der Waals surface area contributed by atoms with Crippen LogP contribution in [0.3, 0.4) is 0 Å². The largest absolute Gasteiger partial charge is 0.497 e. The molecule has 0 amide bonds. The van der Waals surface area contributed by atoms with Gasteiger partial charge in [0.1, 0.15) is 11.8 Å². The average molecular weight is 351 g/mol. The number of aryl methyl sites for hydroxylation is 1. The number of carboxylic acid groups (broad SMARTS) is 1. The van der Waals surface area contributed by atoms with Crippen LogP contribution >= 0.6 is 0 Å². The van der Waals surface area contributed by atoms with Crippen LogP contribution in [0.2, 0.25) is 0 Å². The number of nitrogens with zero attached hydrogens (tertiary/aromatic N) is 1. The predicted octanol–water partition coefficient (Wildman–Crippen LogP) is 4.23. The summed E-state index contributed by atoms with van der Waals surface area (Å²) >= 11 is 0. The van der Waals surface area contributed by atoms with Crippen LogP contribution in [0.1, 0.15) is 34.7 Å². The van der Waals surface area contributed by atoms with Crippen molar-refractivity contribution in [3.05, 3.63) is 70.8 Å². The lowest BCUT2D eigenvalue weighted by molar-refractivity contribution is -0.143. The lowest BCUT2D eigenvalue weighted by Crippen LogP contribution is -2.37. The van der Waals surface area contributed by atoms with E-state index in [4.69, 9.17) is 4.74 Å². The molecule has 4 heteroatoms. The number of aliphatic carboxylic acids is 1. The highest BCUT2D eigenvalue weighted by molar-refractivity contribution is 5.76. The lowest BCUT2D eigenvalue weighted by Gasteiger charge is -2.32.